The summed E-state index contributed by atoms with van der Waals surface area (Å²) in [5, 5.41) is 17.9. The first-order valence-electron chi connectivity index (χ1n) is 3.21. The summed E-state index contributed by atoms with van der Waals surface area (Å²) in [5.41, 5.74) is 0. The van der Waals surface area contributed by atoms with Crippen molar-refractivity contribution in [3.05, 3.63) is 0 Å². The number of aliphatic hydroxyl groups excluding tert-OH is 2. The molecule has 0 aromatic rings. The first-order chi connectivity index (χ1) is 4.20. The lowest BCUT2D eigenvalue weighted by Gasteiger charge is -2.28. The zero-order chi connectivity index (χ0) is 6.85. The quantitative estimate of drug-likeness (QED) is 0.482. The molecule has 1 saturated heterocycles. The van der Waals surface area contributed by atoms with Crippen LogP contribution in [0.5, 0.6) is 0 Å². The SMILES string of the molecule is C[C@@H]1O[C@@H](O)CC[C@H]1O. The fraction of sp³-hybridized carbons (Fsp3) is 1.00. The summed E-state index contributed by atoms with van der Waals surface area (Å²) in [7, 11) is 0. The standard InChI is InChI=1S/C6H12O3/c1-4-5(7)2-3-6(8)9-4/h4-8H,2-3H2,1H3/t4-,5+,6+/m0/s1. The maximum Gasteiger partial charge on any atom is 0.155 e. The summed E-state index contributed by atoms with van der Waals surface area (Å²) in [6.45, 7) is 1.76. The van der Waals surface area contributed by atoms with Gasteiger partial charge in [-0.3, -0.25) is 0 Å². The molecule has 0 spiro atoms. The first-order valence-corrected chi connectivity index (χ1v) is 3.21. The van der Waals surface area contributed by atoms with Crippen LogP contribution in [0, 0.1) is 0 Å². The smallest absolute Gasteiger partial charge is 0.155 e. The van der Waals surface area contributed by atoms with E-state index in [9.17, 15) is 0 Å². The van der Waals surface area contributed by atoms with E-state index in [1.807, 2.05) is 0 Å². The van der Waals surface area contributed by atoms with Gasteiger partial charge in [0.15, 0.2) is 6.29 Å². The van der Waals surface area contributed by atoms with Crippen LogP contribution in [0.1, 0.15) is 19.8 Å². The topological polar surface area (TPSA) is 49.7 Å². The minimum Gasteiger partial charge on any atom is -0.390 e. The number of hydrogen-bond donors (Lipinski definition) is 2. The van der Waals surface area contributed by atoms with Crippen molar-refractivity contribution in [3.63, 3.8) is 0 Å². The molecular weight excluding hydrogens is 120 g/mol. The molecule has 0 bridgehead atoms. The van der Waals surface area contributed by atoms with E-state index in [0.29, 0.717) is 12.8 Å². The lowest BCUT2D eigenvalue weighted by atomic mass is 10.1. The molecule has 1 rings (SSSR count). The van der Waals surface area contributed by atoms with Crippen molar-refractivity contribution in [2.24, 2.45) is 0 Å². The van der Waals surface area contributed by atoms with Crippen molar-refractivity contribution in [2.45, 2.75) is 38.3 Å². The van der Waals surface area contributed by atoms with Crippen LogP contribution in [0.15, 0.2) is 0 Å². The number of aliphatic hydroxyl groups is 2. The third-order valence-electron chi connectivity index (χ3n) is 1.62. The summed E-state index contributed by atoms with van der Waals surface area (Å²) in [4.78, 5) is 0. The Balaban J connectivity index is 2.35. The molecule has 0 aromatic heterocycles. The van der Waals surface area contributed by atoms with E-state index < -0.39 is 12.4 Å². The summed E-state index contributed by atoms with van der Waals surface area (Å²) in [5.74, 6) is 0. The Kier molecular flexibility index (Phi) is 2.05. The third-order valence-corrected chi connectivity index (χ3v) is 1.62. The Morgan fingerprint density at radius 1 is 1.33 bits per heavy atom. The second-order valence-electron chi connectivity index (χ2n) is 2.44. The van der Waals surface area contributed by atoms with Gasteiger partial charge in [0, 0.05) is 6.42 Å². The fourth-order valence-corrected chi connectivity index (χ4v) is 0.955. The van der Waals surface area contributed by atoms with Crippen LogP contribution in [0.25, 0.3) is 0 Å². The van der Waals surface area contributed by atoms with Crippen LogP contribution in [0.4, 0.5) is 0 Å². The summed E-state index contributed by atoms with van der Waals surface area (Å²) >= 11 is 0. The Labute approximate surface area is 54.3 Å². The molecule has 1 aliphatic heterocycles. The van der Waals surface area contributed by atoms with Crippen LogP contribution >= 0.6 is 0 Å². The van der Waals surface area contributed by atoms with E-state index in [2.05, 4.69) is 0 Å². The molecule has 3 heteroatoms. The van der Waals surface area contributed by atoms with Crippen LogP contribution in [-0.4, -0.2) is 28.7 Å². The molecule has 1 fully saturated rings. The number of rotatable bonds is 0. The molecular formula is C6H12O3. The Morgan fingerprint density at radius 2 is 2.00 bits per heavy atom. The largest absolute Gasteiger partial charge is 0.390 e. The van der Waals surface area contributed by atoms with Crippen molar-refractivity contribution in [2.75, 3.05) is 0 Å². The van der Waals surface area contributed by atoms with Gasteiger partial charge in [-0.1, -0.05) is 0 Å². The van der Waals surface area contributed by atoms with E-state index >= 15 is 0 Å². The highest BCUT2D eigenvalue weighted by Crippen LogP contribution is 2.16. The zero-order valence-corrected chi connectivity index (χ0v) is 5.45. The second-order valence-corrected chi connectivity index (χ2v) is 2.44. The molecule has 2 N–H and O–H groups in total. The average Bonchev–Trinajstić information content (AvgIpc) is 1.80. The Morgan fingerprint density at radius 3 is 2.44 bits per heavy atom. The van der Waals surface area contributed by atoms with Gasteiger partial charge < -0.3 is 14.9 Å². The van der Waals surface area contributed by atoms with E-state index in [0.717, 1.165) is 0 Å². The predicted octanol–water partition coefficient (Wildman–Crippen LogP) is -0.135. The molecule has 3 nitrogen and oxygen atoms in total. The van der Waals surface area contributed by atoms with E-state index in [4.69, 9.17) is 14.9 Å². The third kappa shape index (κ3) is 1.64. The molecule has 9 heavy (non-hydrogen) atoms. The van der Waals surface area contributed by atoms with E-state index in [1.54, 1.807) is 6.92 Å². The van der Waals surface area contributed by atoms with Gasteiger partial charge in [-0.05, 0) is 13.3 Å². The summed E-state index contributed by atoms with van der Waals surface area (Å²) in [6, 6.07) is 0. The highest BCUT2D eigenvalue weighted by molar-refractivity contribution is 4.69. The zero-order valence-electron chi connectivity index (χ0n) is 5.45. The van der Waals surface area contributed by atoms with Gasteiger partial charge in [-0.2, -0.15) is 0 Å². The first kappa shape index (κ1) is 6.99. The van der Waals surface area contributed by atoms with Crippen LogP contribution in [0.3, 0.4) is 0 Å². The predicted molar refractivity (Wildman–Crippen MR) is 31.8 cm³/mol. The normalized spacial score (nSPS) is 45.0. The van der Waals surface area contributed by atoms with Gasteiger partial charge in [0.25, 0.3) is 0 Å². The molecule has 1 aliphatic rings. The maximum atomic E-state index is 9.06. The molecule has 54 valence electrons. The Bertz CT molecular complexity index is 94.3. The summed E-state index contributed by atoms with van der Waals surface area (Å²) in [6.07, 6.45) is -0.0843. The average molecular weight is 132 g/mol. The monoisotopic (exact) mass is 132 g/mol. The maximum absolute atomic E-state index is 9.06. The van der Waals surface area contributed by atoms with Gasteiger partial charge in [0.2, 0.25) is 0 Å². The second kappa shape index (κ2) is 2.64. The van der Waals surface area contributed by atoms with Crippen molar-refractivity contribution < 1.29 is 14.9 Å². The molecule has 0 amide bonds. The number of hydrogen-bond acceptors (Lipinski definition) is 3. The lowest BCUT2D eigenvalue weighted by molar-refractivity contribution is -0.192. The highest BCUT2D eigenvalue weighted by Gasteiger charge is 2.24. The fourth-order valence-electron chi connectivity index (χ4n) is 0.955. The van der Waals surface area contributed by atoms with Gasteiger partial charge in [-0.15, -0.1) is 0 Å². The lowest BCUT2D eigenvalue weighted by Crippen LogP contribution is -2.36. The molecule has 0 saturated carbocycles. The molecule has 1 heterocycles. The molecule has 3 atom stereocenters. The van der Waals surface area contributed by atoms with Crippen LogP contribution in [-0.2, 0) is 4.74 Å². The van der Waals surface area contributed by atoms with Gasteiger partial charge in [0.1, 0.15) is 0 Å². The van der Waals surface area contributed by atoms with Gasteiger partial charge in [-0.25, -0.2) is 0 Å². The molecule has 0 radical (unpaired) electrons. The van der Waals surface area contributed by atoms with E-state index in [1.165, 1.54) is 0 Å². The Hall–Kier alpha value is -0.120. The van der Waals surface area contributed by atoms with Crippen molar-refractivity contribution >= 4 is 0 Å². The van der Waals surface area contributed by atoms with Gasteiger partial charge >= 0.3 is 0 Å². The van der Waals surface area contributed by atoms with Gasteiger partial charge in [0.05, 0.1) is 12.2 Å². The van der Waals surface area contributed by atoms with Crippen molar-refractivity contribution in [1.82, 2.24) is 0 Å². The minimum absolute atomic E-state index is 0.214. The van der Waals surface area contributed by atoms with Crippen LogP contribution < -0.4 is 0 Å². The molecule has 0 unspecified atom stereocenters. The molecule has 0 aliphatic carbocycles. The molecule has 0 aromatic carbocycles. The van der Waals surface area contributed by atoms with E-state index in [-0.39, 0.29) is 6.10 Å². The van der Waals surface area contributed by atoms with Crippen molar-refractivity contribution in [3.8, 4) is 0 Å². The van der Waals surface area contributed by atoms with Crippen LogP contribution in [0.2, 0.25) is 0 Å². The highest BCUT2D eigenvalue weighted by atomic mass is 16.6. The van der Waals surface area contributed by atoms with Crippen molar-refractivity contribution in [1.29, 1.82) is 0 Å². The minimum atomic E-state index is -0.664. The number of ether oxygens (including phenoxy) is 1. The summed E-state index contributed by atoms with van der Waals surface area (Å²) < 4.78 is 4.90.